The summed E-state index contributed by atoms with van der Waals surface area (Å²) in [6.07, 6.45) is -2.55. The van der Waals surface area contributed by atoms with Crippen LogP contribution < -0.4 is 4.74 Å². The Hall–Kier alpha value is -3.56. The summed E-state index contributed by atoms with van der Waals surface area (Å²) in [6.45, 7) is 3.10. The lowest BCUT2D eigenvalue weighted by atomic mass is 9.95. The number of hydrogen-bond acceptors (Lipinski definition) is 5. The normalized spacial score (nSPS) is 20.0. The van der Waals surface area contributed by atoms with E-state index in [9.17, 15) is 26.7 Å². The third kappa shape index (κ3) is 4.29. The Labute approximate surface area is 203 Å². The number of halogens is 5. The van der Waals surface area contributed by atoms with Crippen LogP contribution >= 0.6 is 0 Å². The number of ether oxygens (including phenoxy) is 2. The molecule has 2 aliphatic carbocycles. The van der Waals surface area contributed by atoms with Crippen LogP contribution in [0.15, 0.2) is 36.5 Å². The maximum Gasteiger partial charge on any atom is 0.417 e. The van der Waals surface area contributed by atoms with Gasteiger partial charge in [-0.1, -0.05) is 0 Å². The molecule has 3 aromatic rings. The van der Waals surface area contributed by atoms with Gasteiger partial charge in [-0.3, -0.25) is 4.79 Å². The largest absolute Gasteiger partial charge is 0.473 e. The van der Waals surface area contributed by atoms with E-state index in [1.165, 1.54) is 13.0 Å². The Kier molecular flexibility index (Phi) is 5.92. The molecule has 36 heavy (non-hydrogen) atoms. The molecule has 0 saturated heterocycles. The average molecular weight is 504 g/mol. The van der Waals surface area contributed by atoms with E-state index in [2.05, 4.69) is 9.97 Å². The highest BCUT2D eigenvalue weighted by atomic mass is 19.4. The smallest absolute Gasteiger partial charge is 0.417 e. The van der Waals surface area contributed by atoms with Gasteiger partial charge < -0.3 is 9.47 Å². The highest BCUT2D eigenvalue weighted by Crippen LogP contribution is 2.61. The summed E-state index contributed by atoms with van der Waals surface area (Å²) in [4.78, 5) is 19.9. The first-order chi connectivity index (χ1) is 17.1. The van der Waals surface area contributed by atoms with E-state index in [0.29, 0.717) is 19.1 Å². The molecule has 2 aliphatic rings. The van der Waals surface area contributed by atoms with E-state index in [0.717, 1.165) is 23.3 Å². The zero-order valence-corrected chi connectivity index (χ0v) is 19.3. The maximum atomic E-state index is 14.7. The van der Waals surface area contributed by atoms with Gasteiger partial charge >= 0.3 is 12.1 Å². The minimum atomic E-state index is -4.83. The first kappa shape index (κ1) is 24.1. The van der Waals surface area contributed by atoms with Crippen molar-refractivity contribution in [3.05, 3.63) is 76.2 Å². The van der Waals surface area contributed by atoms with E-state index in [-0.39, 0.29) is 58.6 Å². The van der Waals surface area contributed by atoms with Gasteiger partial charge in [0.1, 0.15) is 12.4 Å². The van der Waals surface area contributed by atoms with Crippen LogP contribution in [0.3, 0.4) is 0 Å². The van der Waals surface area contributed by atoms with Crippen LogP contribution in [0.1, 0.15) is 40.8 Å². The van der Waals surface area contributed by atoms with Gasteiger partial charge in [-0.2, -0.15) is 17.6 Å². The Balaban J connectivity index is 1.38. The molecule has 1 aromatic carbocycles. The molecule has 10 heteroatoms. The molecule has 2 aromatic heterocycles. The molecular weight excluding hydrogens is 483 g/mol. The summed E-state index contributed by atoms with van der Waals surface area (Å²) in [5, 5.41) is 0. The van der Waals surface area contributed by atoms with Crippen LogP contribution in [0.4, 0.5) is 22.0 Å². The van der Waals surface area contributed by atoms with Crippen molar-refractivity contribution in [3.63, 3.8) is 0 Å². The number of benzene rings is 1. The molecule has 0 amide bonds. The van der Waals surface area contributed by atoms with Crippen molar-refractivity contribution >= 4 is 5.97 Å². The molecule has 5 rings (SSSR count). The fourth-order valence-corrected chi connectivity index (χ4v) is 5.06. The minimum absolute atomic E-state index is 0.0380. The molecule has 0 unspecified atom stereocenters. The molecular formula is C26H21F5N2O3. The number of pyridine rings is 2. The number of carbonyl (C=O) groups is 1. The van der Waals surface area contributed by atoms with Crippen molar-refractivity contribution in [1.29, 1.82) is 0 Å². The van der Waals surface area contributed by atoms with Crippen LogP contribution in [0.2, 0.25) is 0 Å². The highest BCUT2D eigenvalue weighted by molar-refractivity contribution is 5.79. The molecule has 2 heterocycles. The van der Waals surface area contributed by atoms with Crippen LogP contribution in [0.25, 0.3) is 11.1 Å². The van der Waals surface area contributed by atoms with Gasteiger partial charge in [-0.25, -0.2) is 14.4 Å². The Bertz CT molecular complexity index is 1360. The second kappa shape index (κ2) is 8.83. The molecule has 3 atom stereocenters. The average Bonchev–Trinajstić information content (AvgIpc) is 3.39. The maximum absolute atomic E-state index is 14.7. The van der Waals surface area contributed by atoms with Gasteiger partial charge in [0.15, 0.2) is 0 Å². The van der Waals surface area contributed by atoms with E-state index in [4.69, 9.17) is 9.47 Å². The SMILES string of the molecule is CCOC(=O)[C@H]1[C@@H]2Cc3cc(OCc4cc(-c5ccc(F)nc5C)c(C(F)(F)F)cc4F)ncc3[C@@H]21. The molecule has 0 bridgehead atoms. The van der Waals surface area contributed by atoms with Crippen molar-refractivity contribution in [2.24, 2.45) is 11.8 Å². The van der Waals surface area contributed by atoms with Crippen LogP contribution in [-0.4, -0.2) is 22.5 Å². The van der Waals surface area contributed by atoms with Crippen molar-refractivity contribution in [3.8, 4) is 17.0 Å². The summed E-state index contributed by atoms with van der Waals surface area (Å²) >= 11 is 0. The Morgan fingerprint density at radius 1 is 1.14 bits per heavy atom. The Morgan fingerprint density at radius 3 is 2.61 bits per heavy atom. The Morgan fingerprint density at radius 2 is 1.92 bits per heavy atom. The molecule has 1 saturated carbocycles. The predicted molar refractivity (Wildman–Crippen MR) is 118 cm³/mol. The number of carbonyl (C=O) groups excluding carboxylic acids is 1. The fourth-order valence-electron chi connectivity index (χ4n) is 5.06. The molecule has 0 spiro atoms. The predicted octanol–water partition coefficient (Wildman–Crippen LogP) is 5.78. The van der Waals surface area contributed by atoms with E-state index in [1.807, 2.05) is 0 Å². The number of aryl methyl sites for hydroxylation is 1. The van der Waals surface area contributed by atoms with Gasteiger partial charge in [0.05, 0.1) is 18.1 Å². The first-order valence-corrected chi connectivity index (χ1v) is 11.4. The minimum Gasteiger partial charge on any atom is -0.473 e. The summed E-state index contributed by atoms with van der Waals surface area (Å²) in [5.41, 5.74) is 0.375. The van der Waals surface area contributed by atoms with E-state index < -0.39 is 23.5 Å². The first-order valence-electron chi connectivity index (χ1n) is 11.4. The quantitative estimate of drug-likeness (QED) is 0.242. The van der Waals surface area contributed by atoms with Crippen LogP contribution in [-0.2, 0) is 28.7 Å². The topological polar surface area (TPSA) is 61.3 Å². The molecule has 0 N–H and O–H groups in total. The molecule has 1 fully saturated rings. The molecule has 0 aliphatic heterocycles. The summed E-state index contributed by atoms with van der Waals surface area (Å²) < 4.78 is 79.8. The van der Waals surface area contributed by atoms with Crippen LogP contribution in [0.5, 0.6) is 5.88 Å². The van der Waals surface area contributed by atoms with Crippen molar-refractivity contribution in [1.82, 2.24) is 9.97 Å². The third-order valence-corrected chi connectivity index (χ3v) is 6.75. The molecule has 0 radical (unpaired) electrons. The van der Waals surface area contributed by atoms with Crippen molar-refractivity contribution in [2.75, 3.05) is 6.61 Å². The van der Waals surface area contributed by atoms with Crippen molar-refractivity contribution < 1.29 is 36.2 Å². The zero-order valence-electron chi connectivity index (χ0n) is 19.3. The monoisotopic (exact) mass is 504 g/mol. The third-order valence-electron chi connectivity index (χ3n) is 6.75. The number of fused-ring (bicyclic) bond motifs is 3. The van der Waals surface area contributed by atoms with E-state index in [1.54, 1.807) is 19.2 Å². The van der Waals surface area contributed by atoms with Crippen LogP contribution in [0, 0.1) is 30.5 Å². The lowest BCUT2D eigenvalue weighted by molar-refractivity contribution is -0.145. The lowest BCUT2D eigenvalue weighted by Gasteiger charge is -2.17. The number of alkyl halides is 3. The second-order valence-electron chi connectivity index (χ2n) is 8.94. The van der Waals surface area contributed by atoms with Crippen molar-refractivity contribution in [2.45, 2.75) is 39.0 Å². The van der Waals surface area contributed by atoms with Gasteiger partial charge in [0, 0.05) is 35.0 Å². The zero-order chi connectivity index (χ0) is 25.8. The summed E-state index contributed by atoms with van der Waals surface area (Å²) in [7, 11) is 0. The van der Waals surface area contributed by atoms with Gasteiger partial charge in [-0.15, -0.1) is 0 Å². The molecule has 188 valence electrons. The number of hydrogen-bond donors (Lipinski definition) is 0. The van der Waals surface area contributed by atoms with Gasteiger partial charge in [0.25, 0.3) is 0 Å². The summed E-state index contributed by atoms with van der Waals surface area (Å²) in [6, 6.07) is 5.30. The number of aromatic nitrogens is 2. The van der Waals surface area contributed by atoms with Gasteiger partial charge in [-0.05, 0) is 67.1 Å². The standard InChI is InChI=1S/C26H21F5N2O3/c1-3-35-25(34)24-17-6-13-8-22(32-10-18(13)23(17)24)36-11-14-7-16(15-4-5-21(28)33-12(15)2)19(9-20(14)27)26(29,30)31/h4-5,7-10,17,23-24H,3,6,11H2,1-2H3/t17-,23-,24+/m1/s1. The number of esters is 1. The fraction of sp³-hybridized carbons (Fsp3) is 0.346. The lowest BCUT2D eigenvalue weighted by Crippen LogP contribution is -2.12. The molecule has 5 nitrogen and oxygen atoms in total. The number of nitrogens with zero attached hydrogens (tertiary/aromatic N) is 2. The van der Waals surface area contributed by atoms with E-state index >= 15 is 0 Å². The number of rotatable bonds is 6. The highest BCUT2D eigenvalue weighted by Gasteiger charge is 2.60. The summed E-state index contributed by atoms with van der Waals surface area (Å²) in [5.74, 6) is -1.85. The second-order valence-corrected chi connectivity index (χ2v) is 8.94. The van der Waals surface area contributed by atoms with Gasteiger partial charge in [0.2, 0.25) is 11.8 Å².